The van der Waals surface area contributed by atoms with Gasteiger partial charge in [0.2, 0.25) is 0 Å². The highest BCUT2D eigenvalue weighted by molar-refractivity contribution is 5.51. The fourth-order valence-corrected chi connectivity index (χ4v) is 3.65. The fraction of sp³-hybridized carbons (Fsp3) is 0.308. The van der Waals surface area contributed by atoms with Crippen molar-refractivity contribution in [2.24, 2.45) is 0 Å². The standard InChI is InChI=1S/C26H19F12NO2/c27-18-8-16(9-19(28)10-18)14-41-21-6-2-5-20(11-21)39(13-22(40)24(31,32)33)12-15-3-1-4-17(7-15)23(29,30)25(34,35)26(36,37)38/h1-11,22,40H,12-14H2. The number of halogens is 12. The van der Waals surface area contributed by atoms with Crippen molar-refractivity contribution in [3.63, 3.8) is 0 Å². The van der Waals surface area contributed by atoms with Crippen LogP contribution in [0.25, 0.3) is 0 Å². The first-order chi connectivity index (χ1) is 18.8. The summed E-state index contributed by atoms with van der Waals surface area (Å²) in [5.41, 5.74) is -2.19. The first-order valence-corrected chi connectivity index (χ1v) is 11.4. The van der Waals surface area contributed by atoms with Crippen molar-refractivity contribution in [3.05, 3.63) is 95.1 Å². The Morgan fingerprint density at radius 2 is 1.34 bits per heavy atom. The van der Waals surface area contributed by atoms with E-state index in [1.54, 1.807) is 0 Å². The van der Waals surface area contributed by atoms with Gasteiger partial charge in [-0.25, -0.2) is 8.78 Å². The van der Waals surface area contributed by atoms with Crippen LogP contribution in [-0.4, -0.2) is 36.0 Å². The molecule has 0 fully saturated rings. The van der Waals surface area contributed by atoms with Crippen LogP contribution in [0, 0.1) is 11.6 Å². The van der Waals surface area contributed by atoms with Crippen LogP contribution in [0.5, 0.6) is 5.75 Å². The van der Waals surface area contributed by atoms with Gasteiger partial charge in [0.05, 0.1) is 6.54 Å². The van der Waals surface area contributed by atoms with Crippen molar-refractivity contribution in [2.45, 2.75) is 43.5 Å². The first-order valence-electron chi connectivity index (χ1n) is 11.4. The summed E-state index contributed by atoms with van der Waals surface area (Å²) in [4.78, 5) is 0.798. The Kier molecular flexibility index (Phi) is 9.11. The maximum atomic E-state index is 14.2. The quantitative estimate of drug-likeness (QED) is 0.240. The zero-order valence-corrected chi connectivity index (χ0v) is 20.4. The number of aliphatic hydroxyl groups is 1. The zero-order chi connectivity index (χ0) is 30.8. The van der Waals surface area contributed by atoms with E-state index in [0.29, 0.717) is 12.1 Å². The van der Waals surface area contributed by atoms with Gasteiger partial charge in [0.25, 0.3) is 0 Å². The molecule has 0 heterocycles. The maximum Gasteiger partial charge on any atom is 0.460 e. The number of benzene rings is 3. The Morgan fingerprint density at radius 3 is 1.93 bits per heavy atom. The fourth-order valence-electron chi connectivity index (χ4n) is 3.65. The summed E-state index contributed by atoms with van der Waals surface area (Å²) in [5, 5.41) is 9.64. The summed E-state index contributed by atoms with van der Waals surface area (Å²) in [6.45, 7) is -2.34. The Morgan fingerprint density at radius 1 is 0.732 bits per heavy atom. The summed E-state index contributed by atoms with van der Waals surface area (Å²) in [6, 6.07) is 9.79. The molecule has 0 radical (unpaired) electrons. The second kappa shape index (κ2) is 11.7. The van der Waals surface area contributed by atoms with Crippen molar-refractivity contribution in [1.82, 2.24) is 0 Å². The van der Waals surface area contributed by atoms with Crippen molar-refractivity contribution < 1.29 is 62.5 Å². The lowest BCUT2D eigenvalue weighted by molar-refractivity contribution is -0.359. The minimum absolute atomic E-state index is 0.0382. The van der Waals surface area contributed by atoms with Gasteiger partial charge in [-0.2, -0.15) is 43.9 Å². The molecule has 41 heavy (non-hydrogen) atoms. The number of hydrogen-bond donors (Lipinski definition) is 1. The molecule has 0 aliphatic heterocycles. The molecule has 0 aliphatic rings. The molecule has 3 aromatic carbocycles. The highest BCUT2D eigenvalue weighted by Gasteiger charge is 2.73. The molecule has 3 aromatic rings. The van der Waals surface area contributed by atoms with E-state index in [-0.39, 0.29) is 29.7 Å². The summed E-state index contributed by atoms with van der Waals surface area (Å²) in [5.74, 6) is -14.0. The predicted octanol–water partition coefficient (Wildman–Crippen LogP) is 7.76. The minimum Gasteiger partial charge on any atom is -0.489 e. The van der Waals surface area contributed by atoms with Crippen LogP contribution in [0.2, 0.25) is 0 Å². The van der Waals surface area contributed by atoms with E-state index in [9.17, 15) is 57.8 Å². The average molecular weight is 605 g/mol. The van der Waals surface area contributed by atoms with Crippen LogP contribution in [0.15, 0.2) is 66.7 Å². The Labute approximate surface area is 224 Å². The molecule has 0 saturated heterocycles. The third-order valence-corrected chi connectivity index (χ3v) is 5.70. The van der Waals surface area contributed by atoms with Gasteiger partial charge >= 0.3 is 24.2 Å². The van der Waals surface area contributed by atoms with Gasteiger partial charge < -0.3 is 14.7 Å². The maximum absolute atomic E-state index is 14.2. The van der Waals surface area contributed by atoms with E-state index in [1.807, 2.05) is 0 Å². The van der Waals surface area contributed by atoms with E-state index >= 15 is 0 Å². The summed E-state index contributed by atoms with van der Waals surface area (Å²) >= 11 is 0. The Balaban J connectivity index is 1.92. The molecule has 0 aliphatic carbocycles. The number of nitrogens with zero attached hydrogens (tertiary/aromatic N) is 1. The Hall–Kier alpha value is -3.62. The third kappa shape index (κ3) is 7.57. The molecule has 3 nitrogen and oxygen atoms in total. The molecule has 0 spiro atoms. The highest BCUT2D eigenvalue weighted by Crippen LogP contribution is 2.51. The highest BCUT2D eigenvalue weighted by atomic mass is 19.4. The number of ether oxygens (including phenoxy) is 1. The van der Waals surface area contributed by atoms with Gasteiger partial charge in [-0.3, -0.25) is 0 Å². The molecule has 1 unspecified atom stereocenters. The van der Waals surface area contributed by atoms with Gasteiger partial charge in [0.1, 0.15) is 24.0 Å². The van der Waals surface area contributed by atoms with Crippen LogP contribution in [0.3, 0.4) is 0 Å². The molecule has 0 saturated carbocycles. The van der Waals surface area contributed by atoms with Crippen LogP contribution in [0.4, 0.5) is 58.4 Å². The molecular weight excluding hydrogens is 586 g/mol. The second-order valence-corrected chi connectivity index (χ2v) is 8.85. The number of anilines is 1. The van der Waals surface area contributed by atoms with Gasteiger partial charge in [-0.05, 0) is 41.5 Å². The van der Waals surface area contributed by atoms with Crippen LogP contribution < -0.4 is 9.64 Å². The Bertz CT molecular complexity index is 1320. The monoisotopic (exact) mass is 605 g/mol. The van der Waals surface area contributed by atoms with E-state index in [4.69, 9.17) is 4.74 Å². The zero-order valence-electron chi connectivity index (χ0n) is 20.4. The van der Waals surface area contributed by atoms with Crippen LogP contribution >= 0.6 is 0 Å². The normalized spacial score (nSPS) is 13.7. The molecule has 0 bridgehead atoms. The summed E-state index contributed by atoms with van der Waals surface area (Å²) in [7, 11) is 0. The molecule has 0 amide bonds. The average Bonchev–Trinajstić information content (AvgIpc) is 2.85. The van der Waals surface area contributed by atoms with Crippen LogP contribution in [-0.2, 0) is 19.1 Å². The lowest BCUT2D eigenvalue weighted by Gasteiger charge is -2.30. The second-order valence-electron chi connectivity index (χ2n) is 8.85. The van der Waals surface area contributed by atoms with E-state index in [2.05, 4.69) is 0 Å². The lowest BCUT2D eigenvalue weighted by atomic mass is 9.99. The van der Waals surface area contributed by atoms with Crippen molar-refractivity contribution in [1.29, 1.82) is 0 Å². The van der Waals surface area contributed by atoms with E-state index in [0.717, 1.165) is 35.2 Å². The molecule has 3 rings (SSSR count). The molecule has 15 heteroatoms. The topological polar surface area (TPSA) is 32.7 Å². The molecule has 224 valence electrons. The molecular formula is C26H19F12NO2. The molecule has 1 N–H and O–H groups in total. The van der Waals surface area contributed by atoms with Crippen molar-refractivity contribution in [2.75, 3.05) is 11.4 Å². The SMILES string of the molecule is OC(CN(Cc1cccc(C(F)(F)C(F)(F)C(F)(F)F)c1)c1cccc(OCc2cc(F)cc(F)c2)c1)C(F)(F)F. The van der Waals surface area contributed by atoms with Crippen LogP contribution in [0.1, 0.15) is 16.7 Å². The van der Waals surface area contributed by atoms with Gasteiger partial charge in [-0.1, -0.05) is 24.3 Å². The number of alkyl halides is 10. The largest absolute Gasteiger partial charge is 0.489 e. The van der Waals surface area contributed by atoms with Gasteiger partial charge in [0.15, 0.2) is 6.10 Å². The molecule has 1 atom stereocenters. The summed E-state index contributed by atoms with van der Waals surface area (Å²) in [6.07, 6.45) is -14.7. The number of rotatable bonds is 10. The summed E-state index contributed by atoms with van der Waals surface area (Å²) < 4.78 is 165. The van der Waals surface area contributed by atoms with E-state index in [1.165, 1.54) is 18.2 Å². The molecule has 0 aromatic heterocycles. The number of aliphatic hydroxyl groups excluding tert-OH is 1. The van der Waals surface area contributed by atoms with Crippen molar-refractivity contribution >= 4 is 5.69 Å². The smallest absolute Gasteiger partial charge is 0.460 e. The first kappa shape index (κ1) is 31.9. The minimum atomic E-state index is -6.60. The van der Waals surface area contributed by atoms with Gasteiger partial charge in [0, 0.05) is 29.9 Å². The van der Waals surface area contributed by atoms with E-state index < -0.39 is 66.2 Å². The third-order valence-electron chi connectivity index (χ3n) is 5.70. The number of hydrogen-bond acceptors (Lipinski definition) is 3. The lowest BCUT2D eigenvalue weighted by Crippen LogP contribution is -2.50. The van der Waals surface area contributed by atoms with Gasteiger partial charge in [-0.15, -0.1) is 0 Å². The van der Waals surface area contributed by atoms with Crippen molar-refractivity contribution in [3.8, 4) is 5.75 Å². The predicted molar refractivity (Wildman–Crippen MR) is 122 cm³/mol.